The summed E-state index contributed by atoms with van der Waals surface area (Å²) in [6.45, 7) is 6.48. The molecule has 0 aliphatic carbocycles. The van der Waals surface area contributed by atoms with Crippen molar-refractivity contribution in [2.75, 3.05) is 26.2 Å². The number of aromatic amines is 2. The lowest BCUT2D eigenvalue weighted by Gasteiger charge is -2.36. The highest BCUT2D eigenvalue weighted by molar-refractivity contribution is 5.79. The normalized spacial score (nSPS) is 18.8. The van der Waals surface area contributed by atoms with Crippen molar-refractivity contribution >= 4 is 28.0 Å². The maximum atomic E-state index is 13.2. The number of carbonyl (C=O) groups is 1. The van der Waals surface area contributed by atoms with Crippen LogP contribution in [0.4, 0.5) is 0 Å². The van der Waals surface area contributed by atoms with Gasteiger partial charge in [0.25, 0.3) is 0 Å². The monoisotopic (exact) mass is 456 g/mol. The van der Waals surface area contributed by atoms with Crippen LogP contribution in [0.5, 0.6) is 0 Å². The number of hydrogen-bond donors (Lipinski definition) is 2. The number of fused-ring (bicyclic) bond motifs is 2. The summed E-state index contributed by atoms with van der Waals surface area (Å²) >= 11 is 0. The number of benzene rings is 2. The fourth-order valence-corrected chi connectivity index (χ4v) is 5.60. The number of aryl methyl sites for hydroxylation is 1. The molecule has 7 nitrogen and oxygen atoms in total. The van der Waals surface area contributed by atoms with Crippen molar-refractivity contribution in [1.82, 2.24) is 29.7 Å². The summed E-state index contributed by atoms with van der Waals surface area (Å²) in [6, 6.07) is 14.5. The zero-order chi connectivity index (χ0) is 23.1. The zero-order valence-electron chi connectivity index (χ0n) is 19.8. The van der Waals surface area contributed by atoms with E-state index >= 15 is 0 Å². The van der Waals surface area contributed by atoms with E-state index in [-0.39, 0.29) is 5.92 Å². The summed E-state index contributed by atoms with van der Waals surface area (Å²) in [5, 5.41) is 0. The molecule has 0 unspecified atom stereocenters. The number of amides is 1. The number of H-pyrrole nitrogens is 2. The minimum Gasteiger partial charge on any atom is -0.342 e. The van der Waals surface area contributed by atoms with E-state index in [2.05, 4.69) is 57.0 Å². The number of nitrogens with one attached hydrogen (secondary N) is 2. The molecule has 2 aliphatic rings. The van der Waals surface area contributed by atoms with Crippen LogP contribution in [0, 0.1) is 12.8 Å². The number of aromatic nitrogens is 4. The average molecular weight is 457 g/mol. The Labute approximate surface area is 199 Å². The summed E-state index contributed by atoms with van der Waals surface area (Å²) in [5.41, 5.74) is 5.49. The molecule has 34 heavy (non-hydrogen) atoms. The van der Waals surface area contributed by atoms with Crippen LogP contribution in [0.25, 0.3) is 22.1 Å². The van der Waals surface area contributed by atoms with Crippen LogP contribution < -0.4 is 0 Å². The predicted molar refractivity (Wildman–Crippen MR) is 133 cm³/mol. The molecular weight excluding hydrogens is 424 g/mol. The Morgan fingerprint density at radius 2 is 1.68 bits per heavy atom. The second-order valence-electron chi connectivity index (χ2n) is 9.99. The van der Waals surface area contributed by atoms with Gasteiger partial charge < -0.3 is 14.9 Å². The van der Waals surface area contributed by atoms with Gasteiger partial charge >= 0.3 is 0 Å². The molecule has 1 amide bonds. The SMILES string of the molecule is Cc1ccc2nc(CN3CCC(C(=O)N4CCC(c5nc6ccccc6[nH]5)CC4)CC3)[nH]c2c1. The van der Waals surface area contributed by atoms with Gasteiger partial charge in [0.2, 0.25) is 5.91 Å². The minimum atomic E-state index is 0.150. The molecule has 2 N–H and O–H groups in total. The molecule has 7 heteroatoms. The van der Waals surface area contributed by atoms with Crippen molar-refractivity contribution in [3.8, 4) is 0 Å². The zero-order valence-corrected chi connectivity index (χ0v) is 19.8. The van der Waals surface area contributed by atoms with Gasteiger partial charge in [-0.15, -0.1) is 0 Å². The Morgan fingerprint density at radius 3 is 2.47 bits per heavy atom. The molecule has 2 saturated heterocycles. The standard InChI is InChI=1S/C27H32N6O/c1-18-6-7-23-24(16-18)29-25(28-23)17-32-12-8-20(9-13-32)27(34)33-14-10-19(11-15-33)26-30-21-4-2-3-5-22(21)31-26/h2-7,16,19-20H,8-15,17H2,1H3,(H,28,29)(H,30,31). The first-order chi connectivity index (χ1) is 16.6. The highest BCUT2D eigenvalue weighted by atomic mass is 16.2. The van der Waals surface area contributed by atoms with Gasteiger partial charge in [-0.05, 0) is 75.5 Å². The van der Waals surface area contributed by atoms with E-state index in [9.17, 15) is 4.79 Å². The fourth-order valence-electron chi connectivity index (χ4n) is 5.60. The minimum absolute atomic E-state index is 0.150. The molecule has 2 aromatic carbocycles. The molecule has 2 aliphatic heterocycles. The summed E-state index contributed by atoms with van der Waals surface area (Å²) in [5.74, 6) is 2.99. The van der Waals surface area contributed by atoms with Crippen LogP contribution in [-0.2, 0) is 11.3 Å². The molecule has 4 aromatic rings. The largest absolute Gasteiger partial charge is 0.342 e. The summed E-state index contributed by atoms with van der Waals surface area (Å²) in [4.78, 5) is 34.2. The van der Waals surface area contributed by atoms with E-state index in [1.807, 2.05) is 12.1 Å². The molecule has 0 radical (unpaired) electrons. The average Bonchev–Trinajstić information content (AvgIpc) is 3.47. The van der Waals surface area contributed by atoms with Crippen molar-refractivity contribution in [2.24, 2.45) is 5.92 Å². The van der Waals surface area contributed by atoms with Crippen LogP contribution in [0.1, 0.15) is 48.8 Å². The third kappa shape index (κ3) is 4.20. The highest BCUT2D eigenvalue weighted by Gasteiger charge is 2.32. The summed E-state index contributed by atoms with van der Waals surface area (Å²) in [6.07, 6.45) is 3.83. The Balaban J connectivity index is 1.01. The molecule has 176 valence electrons. The van der Waals surface area contributed by atoms with Gasteiger partial charge in [-0.25, -0.2) is 9.97 Å². The number of rotatable bonds is 4. The van der Waals surface area contributed by atoms with Gasteiger partial charge in [0.05, 0.1) is 28.6 Å². The first-order valence-corrected chi connectivity index (χ1v) is 12.5. The number of likely N-dealkylation sites (tertiary alicyclic amines) is 2. The number of piperidine rings is 2. The second-order valence-corrected chi connectivity index (χ2v) is 9.99. The maximum Gasteiger partial charge on any atom is 0.225 e. The molecule has 0 spiro atoms. The van der Waals surface area contributed by atoms with Crippen LogP contribution in [0.3, 0.4) is 0 Å². The summed E-state index contributed by atoms with van der Waals surface area (Å²) < 4.78 is 0. The fraction of sp³-hybridized carbons (Fsp3) is 0.444. The van der Waals surface area contributed by atoms with Crippen molar-refractivity contribution in [3.05, 3.63) is 59.7 Å². The first-order valence-electron chi connectivity index (χ1n) is 12.5. The molecule has 2 aromatic heterocycles. The van der Waals surface area contributed by atoms with Crippen LogP contribution in [0.15, 0.2) is 42.5 Å². The van der Waals surface area contributed by atoms with E-state index in [0.29, 0.717) is 11.8 Å². The number of hydrogen-bond acceptors (Lipinski definition) is 4. The molecular formula is C27H32N6O. The lowest BCUT2D eigenvalue weighted by Crippen LogP contribution is -2.45. The third-order valence-electron chi connectivity index (χ3n) is 7.60. The van der Waals surface area contributed by atoms with Crippen molar-refractivity contribution in [1.29, 1.82) is 0 Å². The number of nitrogens with zero attached hydrogens (tertiary/aromatic N) is 4. The van der Waals surface area contributed by atoms with Crippen LogP contribution >= 0.6 is 0 Å². The smallest absolute Gasteiger partial charge is 0.225 e. The predicted octanol–water partition coefficient (Wildman–Crippen LogP) is 4.37. The second kappa shape index (κ2) is 8.87. The Hall–Kier alpha value is -3.19. The van der Waals surface area contributed by atoms with Crippen molar-refractivity contribution < 1.29 is 4.79 Å². The van der Waals surface area contributed by atoms with E-state index in [1.54, 1.807) is 0 Å². The number of carbonyl (C=O) groups excluding carboxylic acids is 1. The summed E-state index contributed by atoms with van der Waals surface area (Å²) in [7, 11) is 0. The lowest BCUT2D eigenvalue weighted by atomic mass is 9.91. The molecule has 0 atom stereocenters. The van der Waals surface area contributed by atoms with E-state index in [4.69, 9.17) is 9.97 Å². The van der Waals surface area contributed by atoms with E-state index in [1.165, 1.54) is 5.56 Å². The Morgan fingerprint density at radius 1 is 0.912 bits per heavy atom. The van der Waals surface area contributed by atoms with Crippen LogP contribution in [-0.4, -0.2) is 61.8 Å². The quantitative estimate of drug-likeness (QED) is 0.478. The van der Waals surface area contributed by atoms with Gasteiger partial charge in [0.15, 0.2) is 0 Å². The van der Waals surface area contributed by atoms with Crippen molar-refractivity contribution in [2.45, 2.75) is 45.1 Å². The molecule has 4 heterocycles. The van der Waals surface area contributed by atoms with Gasteiger partial charge in [-0.3, -0.25) is 9.69 Å². The third-order valence-corrected chi connectivity index (χ3v) is 7.60. The molecule has 0 bridgehead atoms. The molecule has 6 rings (SSSR count). The Bertz CT molecular complexity index is 1270. The van der Waals surface area contributed by atoms with Gasteiger partial charge in [0, 0.05) is 24.9 Å². The van der Waals surface area contributed by atoms with Gasteiger partial charge in [-0.1, -0.05) is 18.2 Å². The molecule has 2 fully saturated rings. The van der Waals surface area contributed by atoms with Crippen molar-refractivity contribution in [3.63, 3.8) is 0 Å². The molecule has 0 saturated carbocycles. The van der Waals surface area contributed by atoms with E-state index in [0.717, 1.165) is 92.1 Å². The lowest BCUT2D eigenvalue weighted by molar-refractivity contribution is -0.138. The highest BCUT2D eigenvalue weighted by Crippen LogP contribution is 2.30. The topological polar surface area (TPSA) is 80.9 Å². The number of imidazole rings is 2. The first kappa shape index (κ1) is 21.4. The Kier molecular flexibility index (Phi) is 5.57. The van der Waals surface area contributed by atoms with Crippen LogP contribution in [0.2, 0.25) is 0 Å². The van der Waals surface area contributed by atoms with E-state index < -0.39 is 0 Å². The van der Waals surface area contributed by atoms with Gasteiger partial charge in [0.1, 0.15) is 11.6 Å². The maximum absolute atomic E-state index is 13.2. The van der Waals surface area contributed by atoms with Gasteiger partial charge in [-0.2, -0.15) is 0 Å². The number of para-hydroxylation sites is 2.